The van der Waals surface area contributed by atoms with Crippen molar-refractivity contribution in [2.45, 2.75) is 19.3 Å². The fraction of sp³-hybridized carbons (Fsp3) is 0.588. The highest BCUT2D eigenvalue weighted by Gasteiger charge is 2.28. The lowest BCUT2D eigenvalue weighted by Gasteiger charge is -2.31. The van der Waals surface area contributed by atoms with Gasteiger partial charge in [0.2, 0.25) is 10.0 Å². The Morgan fingerprint density at radius 3 is 2.88 bits per heavy atom. The van der Waals surface area contributed by atoms with Crippen molar-refractivity contribution in [3.63, 3.8) is 0 Å². The van der Waals surface area contributed by atoms with E-state index in [1.165, 1.54) is 11.3 Å². The summed E-state index contributed by atoms with van der Waals surface area (Å²) in [5.41, 5.74) is 2.63. The first-order valence-electron chi connectivity index (χ1n) is 8.78. The summed E-state index contributed by atoms with van der Waals surface area (Å²) in [4.78, 5) is 16.3. The summed E-state index contributed by atoms with van der Waals surface area (Å²) in [6.07, 6.45) is 2.92. The lowest BCUT2D eigenvalue weighted by atomic mass is 10.0. The Bertz CT molecular complexity index is 722. The summed E-state index contributed by atoms with van der Waals surface area (Å²) in [5.74, 6) is -0.115. The van der Waals surface area contributed by atoms with Crippen molar-refractivity contribution < 1.29 is 13.2 Å². The number of primary sulfonamides is 1. The Hall–Kier alpha value is -1.80. The lowest BCUT2D eigenvalue weighted by Crippen LogP contribution is -2.43. The number of carbonyl (C=O) groups is 1. The third-order valence-corrected chi connectivity index (χ3v) is 5.84. The van der Waals surface area contributed by atoms with E-state index in [9.17, 15) is 13.2 Å². The summed E-state index contributed by atoms with van der Waals surface area (Å²) in [5, 5.41) is 8.04. The molecule has 1 aromatic carbocycles. The molecule has 7 nitrogen and oxygen atoms in total. The van der Waals surface area contributed by atoms with E-state index in [4.69, 9.17) is 5.14 Å². The van der Waals surface area contributed by atoms with E-state index in [0.717, 1.165) is 25.9 Å². The maximum Gasteiger partial charge on any atom is 0.317 e. The first kappa shape index (κ1) is 18.0. The van der Waals surface area contributed by atoms with Gasteiger partial charge in [-0.2, -0.15) is 0 Å². The van der Waals surface area contributed by atoms with Crippen LogP contribution in [0.15, 0.2) is 24.3 Å². The van der Waals surface area contributed by atoms with Gasteiger partial charge in [-0.3, -0.25) is 0 Å². The van der Waals surface area contributed by atoms with E-state index in [0.29, 0.717) is 26.1 Å². The van der Waals surface area contributed by atoms with Crippen LogP contribution >= 0.6 is 0 Å². The average Bonchev–Trinajstić information content (AvgIpc) is 3.01. The molecule has 3 rings (SSSR count). The second-order valence-corrected chi connectivity index (χ2v) is 8.54. The smallest absolute Gasteiger partial charge is 0.317 e. The largest absolute Gasteiger partial charge is 0.370 e. The molecule has 1 atom stereocenters. The SMILES string of the molecule is NS(=O)(=O)C[C@H]1CCN(C(=O)NCCN2CCCc3ccccc32)C1. The maximum atomic E-state index is 12.3. The molecular formula is C17H26N4O3S. The molecule has 8 heteroatoms. The monoisotopic (exact) mass is 366 g/mol. The Kier molecular flexibility index (Phi) is 5.48. The van der Waals surface area contributed by atoms with E-state index >= 15 is 0 Å². The zero-order valence-corrected chi connectivity index (χ0v) is 15.2. The predicted octanol–water partition coefficient (Wildman–Crippen LogP) is 0.759. The van der Waals surface area contributed by atoms with Crippen LogP contribution in [0.2, 0.25) is 0 Å². The van der Waals surface area contributed by atoms with Crippen molar-refractivity contribution in [3.8, 4) is 0 Å². The molecule has 0 spiro atoms. The Morgan fingerprint density at radius 2 is 2.08 bits per heavy atom. The molecule has 3 N–H and O–H groups in total. The fourth-order valence-electron chi connectivity index (χ4n) is 3.74. The van der Waals surface area contributed by atoms with Crippen molar-refractivity contribution in [3.05, 3.63) is 29.8 Å². The molecule has 0 bridgehead atoms. The Morgan fingerprint density at radius 1 is 1.28 bits per heavy atom. The number of amides is 2. The predicted molar refractivity (Wildman–Crippen MR) is 98.0 cm³/mol. The molecular weight excluding hydrogens is 340 g/mol. The minimum atomic E-state index is -3.48. The number of hydrogen-bond donors (Lipinski definition) is 2. The molecule has 2 amide bonds. The van der Waals surface area contributed by atoms with E-state index in [-0.39, 0.29) is 17.7 Å². The fourth-order valence-corrected chi connectivity index (χ4v) is 4.66. The number of nitrogens with zero attached hydrogens (tertiary/aromatic N) is 2. The highest BCUT2D eigenvalue weighted by atomic mass is 32.2. The van der Waals surface area contributed by atoms with Crippen LogP contribution in [0.4, 0.5) is 10.5 Å². The first-order valence-corrected chi connectivity index (χ1v) is 10.5. The summed E-state index contributed by atoms with van der Waals surface area (Å²) >= 11 is 0. The van der Waals surface area contributed by atoms with E-state index < -0.39 is 10.0 Å². The quantitative estimate of drug-likeness (QED) is 0.804. The van der Waals surface area contributed by atoms with Gasteiger partial charge in [0, 0.05) is 38.4 Å². The standard InChI is InChI=1S/C17H26N4O3S/c18-25(23,24)13-14-7-10-21(12-14)17(22)19-8-11-20-9-3-5-15-4-1-2-6-16(15)20/h1-2,4,6,14H,3,5,7-13H2,(H,19,22)(H2,18,23,24)/t14-/m0/s1. The van der Waals surface area contributed by atoms with Crippen molar-refractivity contribution in [2.75, 3.05) is 43.4 Å². The van der Waals surface area contributed by atoms with Gasteiger partial charge in [0.05, 0.1) is 5.75 Å². The van der Waals surface area contributed by atoms with Crippen LogP contribution < -0.4 is 15.4 Å². The molecule has 1 fully saturated rings. The summed E-state index contributed by atoms with van der Waals surface area (Å²) < 4.78 is 22.3. The van der Waals surface area contributed by atoms with Gasteiger partial charge in [-0.05, 0) is 36.8 Å². The maximum absolute atomic E-state index is 12.3. The Balaban J connectivity index is 1.45. The van der Waals surface area contributed by atoms with Crippen LogP contribution in [0.3, 0.4) is 0 Å². The van der Waals surface area contributed by atoms with Crippen LogP contribution in [0.5, 0.6) is 0 Å². The van der Waals surface area contributed by atoms with E-state index in [1.54, 1.807) is 4.90 Å². The second-order valence-electron chi connectivity index (χ2n) is 6.88. The molecule has 1 saturated heterocycles. The number of benzene rings is 1. The first-order chi connectivity index (χ1) is 11.9. The number of rotatable bonds is 5. The molecule has 0 saturated carbocycles. The molecule has 25 heavy (non-hydrogen) atoms. The lowest BCUT2D eigenvalue weighted by molar-refractivity contribution is 0.207. The molecule has 0 aromatic heterocycles. The van der Waals surface area contributed by atoms with Gasteiger partial charge in [-0.25, -0.2) is 18.4 Å². The number of fused-ring (bicyclic) bond motifs is 1. The van der Waals surface area contributed by atoms with Gasteiger partial charge in [0.1, 0.15) is 0 Å². The zero-order valence-electron chi connectivity index (χ0n) is 14.4. The topological polar surface area (TPSA) is 95.7 Å². The van der Waals surface area contributed by atoms with Crippen LogP contribution in [-0.4, -0.2) is 57.8 Å². The van der Waals surface area contributed by atoms with Gasteiger partial charge < -0.3 is 15.1 Å². The number of anilines is 1. The molecule has 0 unspecified atom stereocenters. The van der Waals surface area contributed by atoms with Gasteiger partial charge in [0.25, 0.3) is 0 Å². The number of sulfonamides is 1. The third-order valence-electron chi connectivity index (χ3n) is 4.91. The molecule has 1 aromatic rings. The highest BCUT2D eigenvalue weighted by Crippen LogP contribution is 2.26. The van der Waals surface area contributed by atoms with Crippen molar-refractivity contribution in [1.82, 2.24) is 10.2 Å². The number of carbonyl (C=O) groups excluding carboxylic acids is 1. The molecule has 2 aliphatic rings. The number of likely N-dealkylation sites (tertiary alicyclic amines) is 1. The van der Waals surface area contributed by atoms with Gasteiger partial charge in [-0.1, -0.05) is 18.2 Å². The minimum absolute atomic E-state index is 0.0542. The number of hydrogen-bond acceptors (Lipinski definition) is 4. The molecule has 2 heterocycles. The van der Waals surface area contributed by atoms with Crippen LogP contribution in [0.1, 0.15) is 18.4 Å². The zero-order chi connectivity index (χ0) is 17.9. The number of urea groups is 1. The van der Waals surface area contributed by atoms with E-state index in [2.05, 4.69) is 28.4 Å². The van der Waals surface area contributed by atoms with Crippen molar-refractivity contribution >= 4 is 21.7 Å². The highest BCUT2D eigenvalue weighted by molar-refractivity contribution is 7.89. The summed E-state index contributed by atoms with van der Waals surface area (Å²) in [6.45, 7) is 3.39. The van der Waals surface area contributed by atoms with Crippen molar-refractivity contribution in [1.29, 1.82) is 0 Å². The second kappa shape index (κ2) is 7.61. The summed E-state index contributed by atoms with van der Waals surface area (Å²) in [6, 6.07) is 8.29. The number of nitrogens with one attached hydrogen (secondary N) is 1. The minimum Gasteiger partial charge on any atom is -0.370 e. The van der Waals surface area contributed by atoms with Crippen molar-refractivity contribution in [2.24, 2.45) is 11.1 Å². The van der Waals surface area contributed by atoms with Gasteiger partial charge >= 0.3 is 6.03 Å². The number of nitrogens with two attached hydrogens (primary N) is 1. The van der Waals surface area contributed by atoms with Gasteiger partial charge in [-0.15, -0.1) is 0 Å². The van der Waals surface area contributed by atoms with E-state index in [1.807, 2.05) is 6.07 Å². The molecule has 0 aliphatic carbocycles. The normalized spacial score (nSPS) is 20.4. The van der Waals surface area contributed by atoms with Crippen LogP contribution in [-0.2, 0) is 16.4 Å². The molecule has 2 aliphatic heterocycles. The average molecular weight is 366 g/mol. The molecule has 138 valence electrons. The number of para-hydroxylation sites is 1. The molecule has 0 radical (unpaired) electrons. The number of aryl methyl sites for hydroxylation is 1. The van der Waals surface area contributed by atoms with Crippen LogP contribution in [0.25, 0.3) is 0 Å². The van der Waals surface area contributed by atoms with Crippen LogP contribution in [0, 0.1) is 5.92 Å². The third kappa shape index (κ3) is 4.85. The Labute approximate surface area is 149 Å². The van der Waals surface area contributed by atoms with Gasteiger partial charge in [0.15, 0.2) is 0 Å². The summed E-state index contributed by atoms with van der Waals surface area (Å²) in [7, 11) is -3.48.